The molecule has 3 rings (SSSR count). The highest BCUT2D eigenvalue weighted by molar-refractivity contribution is 5.75. The van der Waals surface area contributed by atoms with Crippen molar-refractivity contribution < 1.29 is 0 Å². The average Bonchev–Trinajstić information content (AvgIpc) is 2.76. The molecule has 96 valence electrons. The van der Waals surface area contributed by atoms with E-state index in [-0.39, 0.29) is 6.04 Å². The Morgan fingerprint density at radius 3 is 2.94 bits per heavy atom. The van der Waals surface area contributed by atoms with E-state index >= 15 is 0 Å². The van der Waals surface area contributed by atoms with Crippen molar-refractivity contribution in [2.24, 2.45) is 11.1 Å². The van der Waals surface area contributed by atoms with Crippen LogP contribution in [0.15, 0.2) is 30.6 Å². The highest BCUT2D eigenvalue weighted by atomic mass is 15.1. The molecular formula is C15H21N3. The lowest BCUT2D eigenvalue weighted by Gasteiger charge is -2.40. The number of aromatic nitrogens is 2. The van der Waals surface area contributed by atoms with Crippen LogP contribution in [0.4, 0.5) is 0 Å². The molecule has 2 N–H and O–H groups in total. The summed E-state index contributed by atoms with van der Waals surface area (Å²) in [6, 6.07) is 8.92. The topological polar surface area (TPSA) is 43.8 Å². The fraction of sp³-hybridized carbons (Fsp3) is 0.533. The minimum Gasteiger partial charge on any atom is -0.326 e. The zero-order valence-electron chi connectivity index (χ0n) is 11.1. The fourth-order valence-electron chi connectivity index (χ4n) is 3.12. The first-order valence-corrected chi connectivity index (χ1v) is 6.74. The molecule has 1 aromatic heterocycles. The third kappa shape index (κ3) is 1.93. The van der Waals surface area contributed by atoms with E-state index < -0.39 is 0 Å². The summed E-state index contributed by atoms with van der Waals surface area (Å²) in [6.45, 7) is 4.68. The number of benzene rings is 1. The van der Waals surface area contributed by atoms with E-state index in [9.17, 15) is 0 Å². The van der Waals surface area contributed by atoms with Gasteiger partial charge in [-0.15, -0.1) is 0 Å². The van der Waals surface area contributed by atoms with Crippen LogP contribution in [0.25, 0.3) is 11.0 Å². The van der Waals surface area contributed by atoms with E-state index in [0.29, 0.717) is 11.5 Å². The first-order valence-electron chi connectivity index (χ1n) is 6.74. The Morgan fingerprint density at radius 1 is 1.33 bits per heavy atom. The molecule has 2 unspecified atom stereocenters. The smallest absolute Gasteiger partial charge is 0.0961 e. The number of hydrogen-bond donors (Lipinski definition) is 1. The highest BCUT2D eigenvalue weighted by Gasteiger charge is 2.34. The molecule has 3 heteroatoms. The summed E-state index contributed by atoms with van der Waals surface area (Å²) in [5.74, 6) is 0. The molecule has 0 radical (unpaired) electrons. The molecule has 18 heavy (non-hydrogen) atoms. The molecule has 0 bridgehead atoms. The summed E-state index contributed by atoms with van der Waals surface area (Å²) in [7, 11) is 0. The molecular weight excluding hydrogens is 222 g/mol. The second-order valence-corrected chi connectivity index (χ2v) is 6.28. The van der Waals surface area contributed by atoms with Gasteiger partial charge in [-0.2, -0.15) is 0 Å². The van der Waals surface area contributed by atoms with Crippen LogP contribution in [0.5, 0.6) is 0 Å². The molecule has 0 saturated heterocycles. The van der Waals surface area contributed by atoms with Gasteiger partial charge in [0.25, 0.3) is 0 Å². The van der Waals surface area contributed by atoms with Crippen molar-refractivity contribution in [2.45, 2.75) is 45.2 Å². The number of rotatable bonds is 1. The van der Waals surface area contributed by atoms with E-state index in [1.807, 2.05) is 12.4 Å². The van der Waals surface area contributed by atoms with Gasteiger partial charge < -0.3 is 10.3 Å². The van der Waals surface area contributed by atoms with Crippen molar-refractivity contribution in [3.05, 3.63) is 30.6 Å². The summed E-state index contributed by atoms with van der Waals surface area (Å²) < 4.78 is 2.28. The molecule has 0 aliphatic heterocycles. The quantitative estimate of drug-likeness (QED) is 0.836. The minimum atomic E-state index is 0.246. The second-order valence-electron chi connectivity index (χ2n) is 6.28. The predicted octanol–water partition coefficient (Wildman–Crippen LogP) is 3.11. The SMILES string of the molecule is CC1(C)CCC(N)C(n2cnc3ccccc32)C1. The molecule has 2 atom stereocenters. The number of nitrogens with two attached hydrogens (primary N) is 1. The minimum absolute atomic E-state index is 0.246. The fourth-order valence-corrected chi connectivity index (χ4v) is 3.12. The Morgan fingerprint density at radius 2 is 2.11 bits per heavy atom. The van der Waals surface area contributed by atoms with Crippen LogP contribution in [0, 0.1) is 5.41 Å². The lowest BCUT2D eigenvalue weighted by molar-refractivity contribution is 0.164. The third-order valence-electron chi connectivity index (χ3n) is 4.25. The molecule has 1 aromatic carbocycles. The zero-order valence-corrected chi connectivity index (χ0v) is 11.1. The largest absolute Gasteiger partial charge is 0.326 e. The maximum Gasteiger partial charge on any atom is 0.0961 e. The Kier molecular flexibility index (Phi) is 2.67. The van der Waals surface area contributed by atoms with E-state index in [0.717, 1.165) is 18.4 Å². The third-order valence-corrected chi connectivity index (χ3v) is 4.25. The van der Waals surface area contributed by atoms with E-state index in [1.54, 1.807) is 0 Å². The van der Waals surface area contributed by atoms with Crippen LogP contribution in [0.2, 0.25) is 0 Å². The van der Waals surface area contributed by atoms with Gasteiger partial charge in [-0.3, -0.25) is 0 Å². The average molecular weight is 243 g/mol. The normalized spacial score (nSPS) is 27.5. The van der Waals surface area contributed by atoms with Gasteiger partial charge in [-0.25, -0.2) is 4.98 Å². The molecule has 3 nitrogen and oxygen atoms in total. The molecule has 2 aromatic rings. The van der Waals surface area contributed by atoms with Crippen molar-refractivity contribution in [2.75, 3.05) is 0 Å². The van der Waals surface area contributed by atoms with Crippen molar-refractivity contribution in [3.8, 4) is 0 Å². The summed E-state index contributed by atoms with van der Waals surface area (Å²) >= 11 is 0. The number of imidazole rings is 1. The maximum atomic E-state index is 6.33. The van der Waals surface area contributed by atoms with Crippen LogP contribution in [-0.2, 0) is 0 Å². The first kappa shape index (κ1) is 11.7. The molecule has 1 aliphatic carbocycles. The molecule has 0 amide bonds. The van der Waals surface area contributed by atoms with Crippen molar-refractivity contribution >= 4 is 11.0 Å². The number of hydrogen-bond acceptors (Lipinski definition) is 2. The van der Waals surface area contributed by atoms with Crippen LogP contribution in [0.1, 0.15) is 39.2 Å². The van der Waals surface area contributed by atoms with Crippen LogP contribution < -0.4 is 5.73 Å². The van der Waals surface area contributed by atoms with Gasteiger partial charge in [0.1, 0.15) is 0 Å². The van der Waals surface area contributed by atoms with Crippen molar-refractivity contribution in [1.29, 1.82) is 0 Å². The van der Waals surface area contributed by atoms with Crippen LogP contribution >= 0.6 is 0 Å². The predicted molar refractivity (Wildman–Crippen MR) is 74.4 cm³/mol. The van der Waals surface area contributed by atoms with Gasteiger partial charge in [0, 0.05) is 6.04 Å². The van der Waals surface area contributed by atoms with E-state index in [4.69, 9.17) is 5.73 Å². The van der Waals surface area contributed by atoms with E-state index in [2.05, 4.69) is 41.6 Å². The van der Waals surface area contributed by atoms with Gasteiger partial charge in [0.05, 0.1) is 23.4 Å². The Hall–Kier alpha value is -1.35. The molecule has 1 heterocycles. The summed E-state index contributed by atoms with van der Waals surface area (Å²) in [6.07, 6.45) is 5.41. The standard InChI is InChI=1S/C15H21N3/c1-15(2)8-7-11(16)14(9-15)18-10-17-12-5-3-4-6-13(12)18/h3-6,10-11,14H,7-9,16H2,1-2H3. The molecule has 1 fully saturated rings. The summed E-state index contributed by atoms with van der Waals surface area (Å²) in [4.78, 5) is 4.48. The van der Waals surface area contributed by atoms with Crippen LogP contribution in [0.3, 0.4) is 0 Å². The lowest BCUT2D eigenvalue weighted by atomic mass is 9.73. The van der Waals surface area contributed by atoms with Gasteiger partial charge in [-0.05, 0) is 36.8 Å². The summed E-state index contributed by atoms with van der Waals surface area (Å²) in [5.41, 5.74) is 8.98. The highest BCUT2D eigenvalue weighted by Crippen LogP contribution is 2.41. The molecule has 1 saturated carbocycles. The zero-order chi connectivity index (χ0) is 12.8. The number of nitrogens with zero attached hydrogens (tertiary/aromatic N) is 2. The van der Waals surface area contributed by atoms with Crippen LogP contribution in [-0.4, -0.2) is 15.6 Å². The Balaban J connectivity index is 2.02. The van der Waals surface area contributed by atoms with Crippen molar-refractivity contribution in [3.63, 3.8) is 0 Å². The lowest BCUT2D eigenvalue weighted by Crippen LogP contribution is -2.40. The second kappa shape index (κ2) is 4.09. The molecule has 0 spiro atoms. The Labute approximate surface area is 108 Å². The van der Waals surface area contributed by atoms with Gasteiger partial charge in [-0.1, -0.05) is 26.0 Å². The maximum absolute atomic E-state index is 6.33. The van der Waals surface area contributed by atoms with Gasteiger partial charge in [0.2, 0.25) is 0 Å². The monoisotopic (exact) mass is 243 g/mol. The Bertz CT molecular complexity index is 556. The first-order chi connectivity index (χ1) is 8.57. The van der Waals surface area contributed by atoms with Gasteiger partial charge >= 0.3 is 0 Å². The number of fused-ring (bicyclic) bond motifs is 1. The summed E-state index contributed by atoms with van der Waals surface area (Å²) in [5, 5.41) is 0. The number of para-hydroxylation sites is 2. The van der Waals surface area contributed by atoms with E-state index in [1.165, 1.54) is 11.9 Å². The van der Waals surface area contributed by atoms with Crippen molar-refractivity contribution in [1.82, 2.24) is 9.55 Å². The van der Waals surface area contributed by atoms with Gasteiger partial charge in [0.15, 0.2) is 0 Å². The molecule has 1 aliphatic rings.